The molecule has 0 bridgehead atoms. The number of aliphatic imine (C=N–C) groups is 1. The lowest BCUT2D eigenvalue weighted by atomic mass is 9.70. The summed E-state index contributed by atoms with van der Waals surface area (Å²) in [5, 5.41) is 2.56. The largest absolute Gasteiger partial charge is 0.309 e. The molecule has 0 amide bonds. The molecule has 3 nitrogen and oxygen atoms in total. The Hall–Kier alpha value is -6.97. The molecule has 0 saturated carbocycles. The van der Waals surface area contributed by atoms with E-state index < -0.39 is 5.41 Å². The summed E-state index contributed by atoms with van der Waals surface area (Å²) in [5.41, 5.74) is 19.5. The molecule has 0 N–H and O–H groups in total. The van der Waals surface area contributed by atoms with Crippen LogP contribution in [0.4, 0.5) is 0 Å². The van der Waals surface area contributed by atoms with Crippen LogP contribution in [0.5, 0.6) is 0 Å². The second-order valence-corrected chi connectivity index (χ2v) is 15.0. The quantitative estimate of drug-likeness (QED) is 0.168. The SMILES string of the molecule is c1ccc(C2=NC(c3ccc(-c4ccc(-n5c6ccccc6c6c7c(ccc65)-c5ccccc5C75c6ccccc6-c6ccncc65)cc4)cc3)[CH+]C2)cc1. The Labute approximate surface area is 319 Å². The predicted octanol–water partition coefficient (Wildman–Crippen LogP) is 12.3. The third kappa shape index (κ3) is 4.18. The number of nitrogens with zero attached hydrogens (tertiary/aromatic N) is 3. The van der Waals surface area contributed by atoms with Crippen LogP contribution in [0.15, 0.2) is 187 Å². The minimum absolute atomic E-state index is 0.0952. The van der Waals surface area contributed by atoms with Gasteiger partial charge < -0.3 is 4.57 Å². The van der Waals surface area contributed by atoms with Crippen molar-refractivity contribution in [2.24, 2.45) is 4.99 Å². The molecule has 9 aromatic rings. The van der Waals surface area contributed by atoms with Crippen molar-refractivity contribution in [3.8, 4) is 39.1 Å². The Bertz CT molecular complexity index is 2960. The van der Waals surface area contributed by atoms with Crippen LogP contribution in [0.2, 0.25) is 0 Å². The van der Waals surface area contributed by atoms with E-state index in [-0.39, 0.29) is 6.04 Å². The van der Waals surface area contributed by atoms with E-state index in [4.69, 9.17) is 9.98 Å². The second-order valence-electron chi connectivity index (χ2n) is 15.0. The van der Waals surface area contributed by atoms with Crippen molar-refractivity contribution in [2.45, 2.75) is 17.9 Å². The summed E-state index contributed by atoms with van der Waals surface area (Å²) in [6, 6.07) is 62.5. The summed E-state index contributed by atoms with van der Waals surface area (Å²) in [7, 11) is 0. The van der Waals surface area contributed by atoms with Gasteiger partial charge in [0, 0.05) is 40.0 Å². The highest BCUT2D eigenvalue weighted by Crippen LogP contribution is 2.64. The van der Waals surface area contributed by atoms with Gasteiger partial charge in [0.1, 0.15) is 12.8 Å². The van der Waals surface area contributed by atoms with E-state index in [1.807, 2.05) is 6.20 Å². The molecule has 55 heavy (non-hydrogen) atoms. The first-order chi connectivity index (χ1) is 27.3. The Morgan fingerprint density at radius 3 is 1.96 bits per heavy atom. The first kappa shape index (κ1) is 30.5. The van der Waals surface area contributed by atoms with Crippen molar-refractivity contribution in [3.63, 3.8) is 0 Å². The van der Waals surface area contributed by atoms with Gasteiger partial charge in [-0.2, -0.15) is 0 Å². The highest BCUT2D eigenvalue weighted by atomic mass is 15.0. The standard InChI is InChI=1S/C52H34N3/c1-2-10-35(11-3-1)46-27-28-47(54-46)36-20-18-33(19-21-36)34-22-24-37(25-23-34)55-48-17-9-6-14-42(48)50-49(55)29-26-41-39-13-5-8-16-44(39)52(51(41)50)43-15-7-4-12-38(43)40-30-31-53-32-45(40)52/h1-26,28-32,47H,27H2/q+1. The molecule has 1 aliphatic heterocycles. The van der Waals surface area contributed by atoms with Gasteiger partial charge in [-0.05, 0) is 86.0 Å². The molecule has 2 aliphatic carbocycles. The molecule has 3 heterocycles. The van der Waals surface area contributed by atoms with Crippen LogP contribution in [-0.2, 0) is 5.41 Å². The maximum atomic E-state index is 5.05. The van der Waals surface area contributed by atoms with Crippen LogP contribution < -0.4 is 0 Å². The van der Waals surface area contributed by atoms with Crippen molar-refractivity contribution in [3.05, 3.63) is 222 Å². The van der Waals surface area contributed by atoms with Crippen LogP contribution in [0, 0.1) is 6.42 Å². The number of rotatable bonds is 4. The van der Waals surface area contributed by atoms with Crippen LogP contribution in [0.25, 0.3) is 60.9 Å². The van der Waals surface area contributed by atoms with Crippen LogP contribution >= 0.6 is 0 Å². The topological polar surface area (TPSA) is 30.2 Å². The van der Waals surface area contributed by atoms with Crippen molar-refractivity contribution < 1.29 is 0 Å². The number of para-hydroxylation sites is 1. The summed E-state index contributed by atoms with van der Waals surface area (Å²) in [4.78, 5) is 9.81. The summed E-state index contributed by atoms with van der Waals surface area (Å²) < 4.78 is 2.46. The van der Waals surface area contributed by atoms with Gasteiger partial charge in [-0.3, -0.25) is 4.98 Å². The van der Waals surface area contributed by atoms with E-state index in [0.29, 0.717) is 0 Å². The molecule has 2 aromatic heterocycles. The summed E-state index contributed by atoms with van der Waals surface area (Å²) >= 11 is 0. The summed E-state index contributed by atoms with van der Waals surface area (Å²) in [6.07, 6.45) is 7.26. The lowest BCUT2D eigenvalue weighted by Crippen LogP contribution is -2.26. The number of hydrogen-bond acceptors (Lipinski definition) is 2. The highest BCUT2D eigenvalue weighted by molar-refractivity contribution is 6.16. The molecule has 7 aromatic carbocycles. The lowest BCUT2D eigenvalue weighted by molar-refractivity contribution is 0.796. The van der Waals surface area contributed by atoms with Crippen LogP contribution in [0.1, 0.15) is 45.8 Å². The summed E-state index contributed by atoms with van der Waals surface area (Å²) in [6.45, 7) is 0. The fourth-order valence-electron chi connectivity index (χ4n) is 10.0. The van der Waals surface area contributed by atoms with E-state index in [9.17, 15) is 0 Å². The van der Waals surface area contributed by atoms with Crippen molar-refractivity contribution in [1.82, 2.24) is 9.55 Å². The molecular formula is C52H34N3+. The molecule has 12 rings (SSSR count). The Morgan fingerprint density at radius 2 is 1.18 bits per heavy atom. The van der Waals surface area contributed by atoms with E-state index in [1.165, 1.54) is 88.6 Å². The molecule has 2 unspecified atom stereocenters. The molecule has 3 aliphatic rings. The van der Waals surface area contributed by atoms with Gasteiger partial charge in [0.05, 0.1) is 22.2 Å². The number of hydrogen-bond donors (Lipinski definition) is 0. The minimum atomic E-state index is -0.471. The number of aromatic nitrogens is 2. The third-order valence-electron chi connectivity index (χ3n) is 12.3. The van der Waals surface area contributed by atoms with E-state index in [1.54, 1.807) is 0 Å². The van der Waals surface area contributed by atoms with Gasteiger partial charge >= 0.3 is 0 Å². The molecule has 2 atom stereocenters. The molecule has 0 radical (unpaired) electrons. The Morgan fingerprint density at radius 1 is 0.527 bits per heavy atom. The molecule has 0 saturated heterocycles. The van der Waals surface area contributed by atoms with E-state index >= 15 is 0 Å². The van der Waals surface area contributed by atoms with Crippen LogP contribution in [-0.4, -0.2) is 15.3 Å². The number of pyridine rings is 1. The fourth-order valence-corrected chi connectivity index (χ4v) is 10.0. The van der Waals surface area contributed by atoms with Gasteiger partial charge in [-0.15, -0.1) is 0 Å². The third-order valence-corrected chi connectivity index (χ3v) is 12.3. The van der Waals surface area contributed by atoms with Gasteiger partial charge in [0.2, 0.25) is 6.04 Å². The number of fused-ring (bicyclic) bond motifs is 14. The Balaban J connectivity index is 0.992. The Kier molecular flexibility index (Phi) is 6.38. The molecule has 3 heteroatoms. The zero-order chi connectivity index (χ0) is 36.1. The maximum absolute atomic E-state index is 5.05. The van der Waals surface area contributed by atoms with Crippen molar-refractivity contribution in [1.29, 1.82) is 0 Å². The van der Waals surface area contributed by atoms with Gasteiger partial charge in [-0.25, -0.2) is 4.99 Å². The second kappa shape index (κ2) is 11.5. The van der Waals surface area contributed by atoms with Gasteiger partial charge in [-0.1, -0.05) is 140 Å². The number of benzene rings is 7. The van der Waals surface area contributed by atoms with Gasteiger partial charge in [0.25, 0.3) is 0 Å². The monoisotopic (exact) mass is 700 g/mol. The smallest absolute Gasteiger partial charge is 0.213 e. The van der Waals surface area contributed by atoms with Crippen molar-refractivity contribution >= 4 is 27.5 Å². The minimum Gasteiger partial charge on any atom is -0.309 e. The molecule has 1 spiro atoms. The maximum Gasteiger partial charge on any atom is 0.213 e. The van der Waals surface area contributed by atoms with Crippen molar-refractivity contribution in [2.75, 3.05) is 0 Å². The summed E-state index contributed by atoms with van der Waals surface area (Å²) in [5.74, 6) is 0. The fraction of sp³-hybridized carbons (Fsp3) is 0.0577. The predicted molar refractivity (Wildman–Crippen MR) is 225 cm³/mol. The molecular weight excluding hydrogens is 667 g/mol. The van der Waals surface area contributed by atoms with E-state index in [2.05, 4.69) is 187 Å². The first-order valence-electron chi connectivity index (χ1n) is 19.2. The normalized spacial score (nSPS) is 17.5. The zero-order valence-electron chi connectivity index (χ0n) is 30.0. The first-order valence-corrected chi connectivity index (χ1v) is 19.2. The average Bonchev–Trinajstić information content (AvgIpc) is 4.02. The lowest BCUT2D eigenvalue weighted by Gasteiger charge is -2.30. The van der Waals surface area contributed by atoms with E-state index in [0.717, 1.165) is 17.8 Å². The average molecular weight is 701 g/mol. The van der Waals surface area contributed by atoms with Gasteiger partial charge in [0.15, 0.2) is 0 Å². The van der Waals surface area contributed by atoms with Crippen LogP contribution in [0.3, 0.4) is 0 Å². The molecule has 0 fully saturated rings. The zero-order valence-corrected chi connectivity index (χ0v) is 30.0. The molecule has 256 valence electrons. The highest BCUT2D eigenvalue weighted by Gasteiger charge is 2.53.